The van der Waals surface area contributed by atoms with Gasteiger partial charge in [-0.2, -0.15) is 0 Å². The van der Waals surface area contributed by atoms with Crippen molar-refractivity contribution in [3.63, 3.8) is 0 Å². The summed E-state index contributed by atoms with van der Waals surface area (Å²) < 4.78 is 10.4. The Labute approximate surface area is 347 Å². The number of ether oxygens (including phenoxy) is 2. The molecule has 13 heteroatoms. The summed E-state index contributed by atoms with van der Waals surface area (Å²) >= 11 is 0. The smallest absolute Gasteiger partial charge is 0.651 e. The van der Waals surface area contributed by atoms with E-state index in [1.807, 2.05) is 6.92 Å². The van der Waals surface area contributed by atoms with Crippen LogP contribution in [0.15, 0.2) is 36.0 Å². The fraction of sp³-hybridized carbons (Fsp3) is 0.552. The second-order valence-corrected chi connectivity index (χ2v) is 9.38. The molecule has 0 saturated carbocycles. The van der Waals surface area contributed by atoms with Gasteiger partial charge in [0.15, 0.2) is 5.78 Å². The first-order chi connectivity index (χ1) is 19.1. The summed E-state index contributed by atoms with van der Waals surface area (Å²) in [7, 11) is 1.74. The summed E-state index contributed by atoms with van der Waals surface area (Å²) in [4.78, 5) is 58.7. The third-order valence-corrected chi connectivity index (χ3v) is 5.86. The molecule has 0 spiro atoms. The number of unbranched alkanes of at least 4 members (excludes halogenated alkanes) is 1. The van der Waals surface area contributed by atoms with Gasteiger partial charge in [0.05, 0.1) is 18.4 Å². The van der Waals surface area contributed by atoms with E-state index < -0.39 is 24.3 Å². The number of allylic oxidation sites excluding steroid dienone is 2. The van der Waals surface area contributed by atoms with Crippen LogP contribution in [0.2, 0.25) is 0 Å². The molecule has 0 saturated heterocycles. The van der Waals surface area contributed by atoms with E-state index in [1.165, 1.54) is 6.08 Å². The van der Waals surface area contributed by atoms with Crippen molar-refractivity contribution in [1.82, 2.24) is 10.6 Å². The summed E-state index contributed by atoms with van der Waals surface area (Å²) in [6.07, 6.45) is 3.78. The molecule has 0 radical (unpaired) electrons. The largest absolute Gasteiger partial charge is 1.00 e. The molecule has 1 atom stereocenters. The Morgan fingerprint density at radius 3 is 2.26 bits per heavy atom. The number of nitrogens with zero attached hydrogens (tertiary/aromatic N) is 2. The molecule has 3 amide bonds. The zero-order chi connectivity index (χ0) is 29.8. The van der Waals surface area contributed by atoms with Gasteiger partial charge in [0.25, 0.3) is 0 Å². The van der Waals surface area contributed by atoms with E-state index in [2.05, 4.69) is 21.3 Å². The predicted octanol–water partition coefficient (Wildman–Crippen LogP) is -1.72. The van der Waals surface area contributed by atoms with Crippen LogP contribution in [0.4, 0.5) is 10.5 Å². The number of alkyl carbamates (subject to hydrolysis) is 1. The molecule has 0 aliphatic carbocycles. The third-order valence-electron chi connectivity index (χ3n) is 5.86. The molecule has 0 aliphatic heterocycles. The summed E-state index contributed by atoms with van der Waals surface area (Å²) in [6.45, 7) is 6.63. The van der Waals surface area contributed by atoms with Crippen LogP contribution in [0.5, 0.6) is 0 Å². The molecular formula is C29H42N4O7Rb2. The van der Waals surface area contributed by atoms with E-state index in [0.717, 1.165) is 30.5 Å². The Kier molecular flexibility index (Phi) is 28.5. The van der Waals surface area contributed by atoms with E-state index in [-0.39, 0.29) is 160 Å². The SMILES string of the molecule is CN/C(C)=C\C(=O)Cc1ccc([N-]C(=O)CC(=O)[N-]CCOCCCOC(=O)NCCCCC(C)C(C)=O)cc1.[Rb+].[Rb+]. The molecule has 11 nitrogen and oxygen atoms in total. The summed E-state index contributed by atoms with van der Waals surface area (Å²) in [6, 6.07) is 6.68. The molecule has 0 aliphatic rings. The summed E-state index contributed by atoms with van der Waals surface area (Å²) in [5.41, 5.74) is 1.96. The number of amides is 3. The van der Waals surface area contributed by atoms with Gasteiger partial charge < -0.3 is 40.3 Å². The first-order valence-electron chi connectivity index (χ1n) is 13.5. The van der Waals surface area contributed by atoms with Crippen molar-refractivity contribution in [3.8, 4) is 0 Å². The van der Waals surface area contributed by atoms with E-state index in [1.54, 1.807) is 45.2 Å². The Hall–Kier alpha value is -0.120. The number of carbonyl (C=O) groups is 5. The number of benzene rings is 1. The van der Waals surface area contributed by atoms with E-state index in [4.69, 9.17) is 9.47 Å². The topological polar surface area (TPSA) is 156 Å². The maximum Gasteiger partial charge on any atom is 1.00 e. The number of carbonyl (C=O) groups excluding carboxylic acids is 5. The van der Waals surface area contributed by atoms with Crippen LogP contribution in [0.1, 0.15) is 58.4 Å². The van der Waals surface area contributed by atoms with Gasteiger partial charge in [-0.1, -0.05) is 37.6 Å². The van der Waals surface area contributed by atoms with E-state index in [0.29, 0.717) is 25.3 Å². The van der Waals surface area contributed by atoms with Crippen LogP contribution >= 0.6 is 0 Å². The molecule has 1 aromatic rings. The van der Waals surface area contributed by atoms with Gasteiger partial charge in [0.2, 0.25) is 0 Å². The average Bonchev–Trinajstić information content (AvgIpc) is 2.90. The van der Waals surface area contributed by atoms with E-state index in [9.17, 15) is 24.0 Å². The number of hydrogen-bond acceptors (Lipinski definition) is 8. The second kappa shape index (κ2) is 27.2. The quantitative estimate of drug-likeness (QED) is 0.0913. The first kappa shape index (κ1) is 44.0. The number of Topliss-reactive ketones (excluding diaryl/α,β-unsaturated/α-hetero) is 1. The standard InChI is InChI=1S/C29H44N4O7.2Rb/c1-21(23(3)34)8-5-6-13-32-29(38)40-16-7-15-39-17-14-31-27(36)20-28(37)33-25-11-9-24(10-12-25)19-26(35)18-22(2)30-4;;/h9-12,18,21H,5-8,13-17,19-20H2,1-4H3,(H4,30,31,32,33,35,36,37,38);;/q;2*+1/p-2. The van der Waals surface area contributed by atoms with Crippen molar-refractivity contribution in [2.45, 2.75) is 59.3 Å². The molecule has 0 aromatic heterocycles. The van der Waals surface area contributed by atoms with Gasteiger partial charge in [0.1, 0.15) is 5.78 Å². The van der Waals surface area contributed by atoms with Crippen LogP contribution < -0.4 is 127 Å². The Balaban J connectivity index is 0. The minimum Gasteiger partial charge on any atom is -0.651 e. The zero-order valence-corrected chi connectivity index (χ0v) is 35.8. The van der Waals surface area contributed by atoms with Gasteiger partial charge in [-0.05, 0) is 32.3 Å². The number of ketones is 2. The molecule has 0 heterocycles. The van der Waals surface area contributed by atoms with E-state index >= 15 is 0 Å². The Morgan fingerprint density at radius 1 is 0.929 bits per heavy atom. The molecule has 1 aromatic carbocycles. The second-order valence-electron chi connectivity index (χ2n) is 9.38. The maximum atomic E-state index is 12.0. The average molecular weight is 730 g/mol. The maximum absolute atomic E-state index is 12.0. The first-order valence-corrected chi connectivity index (χ1v) is 13.5. The molecular weight excluding hydrogens is 687 g/mol. The molecule has 1 rings (SSSR count). The van der Waals surface area contributed by atoms with Gasteiger partial charge in [-0.3, -0.25) is 9.59 Å². The number of nitrogens with one attached hydrogen (secondary N) is 2. The van der Waals surface area contributed by atoms with Crippen molar-refractivity contribution in [2.24, 2.45) is 5.92 Å². The van der Waals surface area contributed by atoms with Gasteiger partial charge in [0, 0.05) is 63.8 Å². The van der Waals surface area contributed by atoms with Crippen molar-refractivity contribution < 1.29 is 150 Å². The van der Waals surface area contributed by atoms with Crippen molar-refractivity contribution in [2.75, 3.05) is 40.0 Å². The molecule has 2 N–H and O–H groups in total. The Morgan fingerprint density at radius 2 is 1.62 bits per heavy atom. The number of rotatable bonds is 20. The zero-order valence-electron chi connectivity index (χ0n) is 26.0. The van der Waals surface area contributed by atoms with Gasteiger partial charge >= 0.3 is 122 Å². The summed E-state index contributed by atoms with van der Waals surface area (Å²) in [5.74, 6) is -1.00. The van der Waals surface area contributed by atoms with Gasteiger partial charge in [-0.15, -0.1) is 12.2 Å². The molecule has 0 bridgehead atoms. The monoisotopic (exact) mass is 728 g/mol. The van der Waals surface area contributed by atoms with Crippen LogP contribution in [0.25, 0.3) is 10.6 Å². The Bertz CT molecular complexity index is 1000. The molecule has 222 valence electrons. The van der Waals surface area contributed by atoms with Crippen molar-refractivity contribution in [1.29, 1.82) is 0 Å². The fourth-order valence-corrected chi connectivity index (χ4v) is 3.31. The summed E-state index contributed by atoms with van der Waals surface area (Å²) in [5, 5.41) is 13.2. The minimum atomic E-state index is -0.605. The van der Waals surface area contributed by atoms with Crippen LogP contribution in [0.3, 0.4) is 0 Å². The minimum absolute atomic E-state index is 0. The molecule has 1 unspecified atom stereocenters. The van der Waals surface area contributed by atoms with Crippen LogP contribution in [-0.2, 0) is 35.1 Å². The number of hydrogen-bond donors (Lipinski definition) is 2. The predicted molar refractivity (Wildman–Crippen MR) is 152 cm³/mol. The van der Waals surface area contributed by atoms with Crippen molar-refractivity contribution >= 4 is 35.2 Å². The molecule has 0 fully saturated rings. The molecule has 42 heavy (non-hydrogen) atoms. The fourth-order valence-electron chi connectivity index (χ4n) is 3.31. The normalized spacial score (nSPS) is 11.2. The van der Waals surface area contributed by atoms with Gasteiger partial charge in [-0.25, -0.2) is 4.79 Å². The van der Waals surface area contributed by atoms with Crippen LogP contribution in [-0.4, -0.2) is 69.4 Å². The van der Waals surface area contributed by atoms with Crippen LogP contribution in [0, 0.1) is 5.92 Å². The third kappa shape index (κ3) is 23.3. The van der Waals surface area contributed by atoms with Crippen molar-refractivity contribution in [3.05, 3.63) is 52.2 Å².